The van der Waals surface area contributed by atoms with Crippen molar-refractivity contribution in [2.75, 3.05) is 0 Å². The predicted octanol–water partition coefficient (Wildman–Crippen LogP) is 3.98. The Hall–Kier alpha value is -4.85. The minimum atomic E-state index is -1.05. The molecule has 2 N–H and O–H groups in total. The molecule has 8 rings (SSSR count). The number of hydrogen-bond donors (Lipinski definition) is 2. The highest BCUT2D eigenvalue weighted by Gasteiger charge is 2.61. The van der Waals surface area contributed by atoms with Crippen LogP contribution in [0.15, 0.2) is 98.9 Å². The number of rotatable bonds is 3. The van der Waals surface area contributed by atoms with Crippen LogP contribution >= 0.6 is 0 Å². The lowest BCUT2D eigenvalue weighted by Gasteiger charge is -2.26. The summed E-state index contributed by atoms with van der Waals surface area (Å²) in [6.45, 7) is 5.92. The van der Waals surface area contributed by atoms with E-state index in [0.29, 0.717) is 11.7 Å². The van der Waals surface area contributed by atoms with Gasteiger partial charge in [0, 0.05) is 33.8 Å². The number of allylic oxidation sites excluding steroid dienone is 4. The number of aromatic nitrogens is 3. The molecule has 2 fully saturated rings. The fourth-order valence-electron chi connectivity index (χ4n) is 6.40. The van der Waals surface area contributed by atoms with Crippen molar-refractivity contribution in [1.29, 1.82) is 0 Å². The SMILES string of the molecule is Cc1cc(-c2cnc(C34C=CC(=N3)C=c3ccc([nH]3)=CC3=NC(=CC5(C6CC6)NC(=C4)C(C)(C)C5=O)C=C3)o2)ccn1. The van der Waals surface area contributed by atoms with Crippen LogP contribution in [0, 0.1) is 18.3 Å². The number of carbonyl (C=O) groups is 1. The van der Waals surface area contributed by atoms with E-state index in [9.17, 15) is 4.79 Å². The zero-order valence-electron chi connectivity index (χ0n) is 23.7. The van der Waals surface area contributed by atoms with E-state index in [0.717, 1.165) is 57.6 Å². The first-order chi connectivity index (χ1) is 20.2. The van der Waals surface area contributed by atoms with Gasteiger partial charge in [-0.1, -0.05) is 0 Å². The summed E-state index contributed by atoms with van der Waals surface area (Å²) in [7, 11) is 0. The molecule has 3 aromatic heterocycles. The van der Waals surface area contributed by atoms with Crippen molar-refractivity contribution in [3.8, 4) is 11.3 Å². The monoisotopic (exact) mass is 554 g/mol. The molecule has 0 amide bonds. The first-order valence-electron chi connectivity index (χ1n) is 14.4. The Morgan fingerprint density at radius 3 is 2.57 bits per heavy atom. The van der Waals surface area contributed by atoms with Gasteiger partial charge in [-0.2, -0.15) is 0 Å². The molecule has 208 valence electrons. The number of H-pyrrole nitrogens is 1. The molecule has 2 atom stereocenters. The molecule has 0 radical (unpaired) electrons. The third-order valence-corrected chi connectivity index (χ3v) is 8.79. The number of nitrogens with zero attached hydrogens (tertiary/aromatic N) is 4. The van der Waals surface area contributed by atoms with E-state index >= 15 is 0 Å². The number of pyridine rings is 1. The molecule has 3 aromatic rings. The topological polar surface area (TPSA) is 109 Å². The Bertz CT molecular complexity index is 1990. The molecule has 4 aliphatic heterocycles. The number of nitrogens with one attached hydrogen (secondary N) is 2. The first-order valence-corrected chi connectivity index (χ1v) is 14.4. The van der Waals surface area contributed by atoms with Gasteiger partial charge < -0.3 is 14.7 Å². The molecule has 2 unspecified atom stereocenters. The van der Waals surface area contributed by atoms with Gasteiger partial charge in [0.15, 0.2) is 17.1 Å². The van der Waals surface area contributed by atoms with Crippen molar-refractivity contribution < 1.29 is 9.21 Å². The van der Waals surface area contributed by atoms with Crippen LogP contribution in [0.4, 0.5) is 0 Å². The fraction of sp³-hybridized carbons (Fsp3) is 0.265. The van der Waals surface area contributed by atoms with Crippen molar-refractivity contribution in [2.24, 2.45) is 21.3 Å². The summed E-state index contributed by atoms with van der Waals surface area (Å²) in [5.74, 6) is 1.41. The van der Waals surface area contributed by atoms with Crippen molar-refractivity contribution in [2.45, 2.75) is 44.7 Å². The quantitative estimate of drug-likeness (QED) is 0.509. The number of aryl methyl sites for hydroxylation is 1. The second-order valence-corrected chi connectivity index (χ2v) is 12.3. The molecule has 8 heteroatoms. The van der Waals surface area contributed by atoms with Crippen LogP contribution < -0.4 is 16.0 Å². The highest BCUT2D eigenvalue weighted by Crippen LogP contribution is 2.52. The number of carbonyl (C=O) groups excluding carboxylic acids is 1. The molecule has 42 heavy (non-hydrogen) atoms. The number of ketones is 1. The van der Waals surface area contributed by atoms with E-state index in [1.54, 1.807) is 12.4 Å². The van der Waals surface area contributed by atoms with Crippen molar-refractivity contribution >= 4 is 29.4 Å². The molecule has 7 heterocycles. The number of fused-ring (bicyclic) bond motifs is 6. The van der Waals surface area contributed by atoms with Crippen LogP contribution in [0.2, 0.25) is 0 Å². The molecule has 1 saturated heterocycles. The Kier molecular flexibility index (Phi) is 5.09. The van der Waals surface area contributed by atoms with E-state index < -0.39 is 16.5 Å². The normalized spacial score (nSPS) is 27.1. The van der Waals surface area contributed by atoms with Gasteiger partial charge in [-0.05, 0) is 112 Å². The molecule has 8 bridgehead atoms. The Balaban J connectivity index is 1.35. The maximum absolute atomic E-state index is 14.3. The van der Waals surface area contributed by atoms with Gasteiger partial charge >= 0.3 is 0 Å². The summed E-state index contributed by atoms with van der Waals surface area (Å²) in [4.78, 5) is 36.9. The highest BCUT2D eigenvalue weighted by molar-refractivity contribution is 6.20. The van der Waals surface area contributed by atoms with Crippen LogP contribution in [-0.4, -0.2) is 37.7 Å². The van der Waals surface area contributed by atoms with Gasteiger partial charge in [0.05, 0.1) is 28.7 Å². The highest BCUT2D eigenvalue weighted by atomic mass is 16.4. The Morgan fingerprint density at radius 1 is 0.976 bits per heavy atom. The molecular formula is C34H30N6O2. The van der Waals surface area contributed by atoms with Crippen molar-refractivity contribution in [3.05, 3.63) is 107 Å². The third-order valence-electron chi connectivity index (χ3n) is 8.79. The van der Waals surface area contributed by atoms with Crippen LogP contribution in [0.5, 0.6) is 0 Å². The number of aliphatic imine (C=N–C) groups is 2. The summed E-state index contributed by atoms with van der Waals surface area (Å²) in [5.41, 5.74) is 2.31. The second kappa shape index (κ2) is 8.58. The fourth-order valence-corrected chi connectivity index (χ4v) is 6.40. The minimum Gasteiger partial charge on any atom is -0.437 e. The molecule has 8 nitrogen and oxygen atoms in total. The third kappa shape index (κ3) is 3.85. The van der Waals surface area contributed by atoms with E-state index in [4.69, 9.17) is 19.4 Å². The zero-order chi connectivity index (χ0) is 28.7. The van der Waals surface area contributed by atoms with Gasteiger partial charge in [0.1, 0.15) is 5.54 Å². The van der Waals surface area contributed by atoms with Crippen LogP contribution in [-0.2, 0) is 10.3 Å². The molecule has 5 aliphatic rings. The molecular weight excluding hydrogens is 524 g/mol. The van der Waals surface area contributed by atoms with Gasteiger partial charge in [-0.3, -0.25) is 14.8 Å². The molecule has 0 aromatic carbocycles. The van der Waals surface area contributed by atoms with E-state index in [2.05, 4.69) is 15.3 Å². The molecule has 0 spiro atoms. The molecule has 1 saturated carbocycles. The Labute approximate surface area is 242 Å². The largest absolute Gasteiger partial charge is 0.437 e. The van der Waals surface area contributed by atoms with E-state index in [-0.39, 0.29) is 11.7 Å². The van der Waals surface area contributed by atoms with Gasteiger partial charge in [0.25, 0.3) is 0 Å². The summed E-state index contributed by atoms with van der Waals surface area (Å²) in [6.07, 6.45) is 21.5. The smallest absolute Gasteiger partial charge is 0.230 e. The zero-order valence-corrected chi connectivity index (χ0v) is 23.7. The van der Waals surface area contributed by atoms with Crippen molar-refractivity contribution in [1.82, 2.24) is 20.3 Å². The van der Waals surface area contributed by atoms with E-state index in [1.807, 2.05) is 93.6 Å². The minimum absolute atomic E-state index is 0.142. The van der Waals surface area contributed by atoms with Gasteiger partial charge in [0.2, 0.25) is 5.89 Å². The average Bonchev–Trinajstić information content (AvgIpc) is 3.33. The second-order valence-electron chi connectivity index (χ2n) is 12.3. The average molecular weight is 555 g/mol. The summed E-state index contributed by atoms with van der Waals surface area (Å²) in [6, 6.07) is 7.92. The maximum Gasteiger partial charge on any atom is 0.230 e. The predicted molar refractivity (Wildman–Crippen MR) is 162 cm³/mol. The lowest BCUT2D eigenvalue weighted by molar-refractivity contribution is -0.127. The van der Waals surface area contributed by atoms with Gasteiger partial charge in [-0.25, -0.2) is 9.98 Å². The standard InChI is InChI=1S/C34H30N6O2/c1-20-14-21(11-13-35-20)28-19-36-31(42-28)33-12-10-26(39-33)16-25-7-6-23(37-25)15-24-8-9-27(38-24)17-34(22-4-5-22)30(41)32(2,3)29(18-33)40-34/h6-19,22,37,40H,4-5H2,1-3H3. The van der Waals surface area contributed by atoms with Crippen molar-refractivity contribution in [3.63, 3.8) is 0 Å². The van der Waals surface area contributed by atoms with Crippen LogP contribution in [0.3, 0.4) is 0 Å². The number of hydrogen-bond acceptors (Lipinski definition) is 7. The van der Waals surface area contributed by atoms with Crippen LogP contribution in [0.25, 0.3) is 23.5 Å². The summed E-state index contributed by atoms with van der Waals surface area (Å²) < 4.78 is 6.43. The van der Waals surface area contributed by atoms with Gasteiger partial charge in [-0.15, -0.1) is 0 Å². The molecule has 1 aliphatic carbocycles. The number of aromatic amines is 1. The lowest BCUT2D eigenvalue weighted by atomic mass is 9.77. The number of Topliss-reactive ketones (excluding diaryl/α,β-unsaturated/α-hetero) is 1. The van der Waals surface area contributed by atoms with E-state index in [1.165, 1.54) is 0 Å². The van der Waals surface area contributed by atoms with Crippen LogP contribution in [0.1, 0.15) is 38.3 Å². The first kappa shape index (κ1) is 24.9. The summed E-state index contributed by atoms with van der Waals surface area (Å²) >= 11 is 0. The lowest BCUT2D eigenvalue weighted by Crippen LogP contribution is -2.47. The number of oxazole rings is 1. The summed E-state index contributed by atoms with van der Waals surface area (Å²) in [5, 5.41) is 5.57. The Morgan fingerprint density at radius 2 is 1.79 bits per heavy atom. The maximum atomic E-state index is 14.3.